The molecule has 1 aliphatic rings. The van der Waals surface area contributed by atoms with Gasteiger partial charge in [0.25, 0.3) is 0 Å². The first-order valence-electron chi connectivity index (χ1n) is 7.40. The van der Waals surface area contributed by atoms with Crippen molar-refractivity contribution >= 4 is 0 Å². The Morgan fingerprint density at radius 3 is 2.47 bits per heavy atom. The van der Waals surface area contributed by atoms with Crippen molar-refractivity contribution in [1.82, 2.24) is 5.32 Å². The number of hydrogen-bond donors (Lipinski definition) is 2. The molecule has 1 aliphatic carbocycles. The van der Waals surface area contributed by atoms with Crippen molar-refractivity contribution in [2.75, 3.05) is 6.54 Å². The van der Waals surface area contributed by atoms with Crippen LogP contribution in [-0.2, 0) is 0 Å². The average Bonchev–Trinajstić information content (AvgIpc) is 2.25. The maximum absolute atomic E-state index is 9.81. The molecular weight excluding hydrogens is 210 g/mol. The van der Waals surface area contributed by atoms with Crippen LogP contribution < -0.4 is 5.32 Å². The summed E-state index contributed by atoms with van der Waals surface area (Å²) >= 11 is 0. The number of aliphatic hydroxyl groups is 1. The van der Waals surface area contributed by atoms with Gasteiger partial charge in [-0.25, -0.2) is 0 Å². The fourth-order valence-corrected chi connectivity index (χ4v) is 2.88. The molecule has 2 heteroatoms. The maximum atomic E-state index is 9.81. The minimum atomic E-state index is -0.194. The van der Waals surface area contributed by atoms with E-state index in [0.717, 1.165) is 18.4 Å². The normalized spacial score (nSPS) is 27.7. The number of nitrogens with one attached hydrogen (secondary N) is 1. The molecular formula is C15H31NO. The van der Waals surface area contributed by atoms with E-state index in [1.165, 1.54) is 32.1 Å². The lowest BCUT2D eigenvalue weighted by Crippen LogP contribution is -2.40. The topological polar surface area (TPSA) is 32.3 Å². The van der Waals surface area contributed by atoms with Crippen LogP contribution in [0.15, 0.2) is 0 Å². The predicted molar refractivity (Wildman–Crippen MR) is 74.0 cm³/mol. The molecule has 1 saturated carbocycles. The van der Waals surface area contributed by atoms with Gasteiger partial charge in [0.05, 0.1) is 6.10 Å². The van der Waals surface area contributed by atoms with E-state index < -0.39 is 0 Å². The maximum Gasteiger partial charge on any atom is 0.0687 e. The first-order valence-corrected chi connectivity index (χ1v) is 7.40. The predicted octanol–water partition coefficient (Wildman–Crippen LogP) is 3.20. The van der Waals surface area contributed by atoms with Crippen LogP contribution in [0.4, 0.5) is 0 Å². The van der Waals surface area contributed by atoms with E-state index in [9.17, 15) is 5.11 Å². The Balaban J connectivity index is 2.25. The molecule has 102 valence electrons. The van der Waals surface area contributed by atoms with Gasteiger partial charge in [-0.05, 0) is 37.0 Å². The van der Waals surface area contributed by atoms with Crippen molar-refractivity contribution < 1.29 is 5.11 Å². The summed E-state index contributed by atoms with van der Waals surface area (Å²) in [5.74, 6) is 2.08. The smallest absolute Gasteiger partial charge is 0.0687 e. The van der Waals surface area contributed by atoms with E-state index in [2.05, 4.69) is 33.0 Å². The van der Waals surface area contributed by atoms with E-state index in [-0.39, 0.29) is 6.10 Å². The Hall–Kier alpha value is -0.0800. The quantitative estimate of drug-likeness (QED) is 0.748. The fraction of sp³-hybridized carbons (Fsp3) is 1.00. The third-order valence-electron chi connectivity index (χ3n) is 3.97. The minimum Gasteiger partial charge on any atom is -0.392 e. The van der Waals surface area contributed by atoms with Crippen LogP contribution in [0.25, 0.3) is 0 Å². The van der Waals surface area contributed by atoms with Crippen molar-refractivity contribution in [2.24, 2.45) is 17.8 Å². The molecule has 17 heavy (non-hydrogen) atoms. The molecule has 3 atom stereocenters. The van der Waals surface area contributed by atoms with Crippen LogP contribution in [0.5, 0.6) is 0 Å². The zero-order valence-corrected chi connectivity index (χ0v) is 12.1. The zero-order chi connectivity index (χ0) is 12.8. The van der Waals surface area contributed by atoms with Crippen LogP contribution in [0.1, 0.15) is 59.8 Å². The lowest BCUT2D eigenvalue weighted by atomic mass is 9.81. The van der Waals surface area contributed by atoms with Crippen molar-refractivity contribution in [3.8, 4) is 0 Å². The SMILES string of the molecule is CC(C)CC1CCCC(NCC(O)C(C)C)C1. The van der Waals surface area contributed by atoms with Gasteiger partial charge in [-0.3, -0.25) is 0 Å². The molecule has 0 bridgehead atoms. The Morgan fingerprint density at radius 2 is 1.88 bits per heavy atom. The first-order chi connectivity index (χ1) is 7.99. The molecule has 2 N–H and O–H groups in total. The largest absolute Gasteiger partial charge is 0.392 e. The molecule has 0 aromatic heterocycles. The minimum absolute atomic E-state index is 0.194. The Kier molecular flexibility index (Phi) is 6.50. The highest BCUT2D eigenvalue weighted by Crippen LogP contribution is 2.29. The van der Waals surface area contributed by atoms with E-state index in [0.29, 0.717) is 12.0 Å². The Morgan fingerprint density at radius 1 is 1.18 bits per heavy atom. The highest BCUT2D eigenvalue weighted by atomic mass is 16.3. The van der Waals surface area contributed by atoms with E-state index in [1.807, 2.05) is 0 Å². The van der Waals surface area contributed by atoms with Crippen molar-refractivity contribution in [1.29, 1.82) is 0 Å². The van der Waals surface area contributed by atoms with Crippen molar-refractivity contribution in [3.63, 3.8) is 0 Å². The third-order valence-corrected chi connectivity index (χ3v) is 3.97. The second-order valence-corrected chi connectivity index (χ2v) is 6.58. The van der Waals surface area contributed by atoms with Crippen LogP contribution >= 0.6 is 0 Å². The molecule has 0 aromatic rings. The molecule has 1 rings (SSSR count). The zero-order valence-electron chi connectivity index (χ0n) is 12.1. The molecule has 0 radical (unpaired) electrons. The molecule has 0 spiro atoms. The van der Waals surface area contributed by atoms with E-state index in [4.69, 9.17) is 0 Å². The summed E-state index contributed by atoms with van der Waals surface area (Å²) in [6.07, 6.45) is 6.53. The standard InChI is InChI=1S/C15H31NO/c1-11(2)8-13-6-5-7-14(9-13)16-10-15(17)12(3)4/h11-17H,5-10H2,1-4H3. The van der Waals surface area contributed by atoms with Crippen LogP contribution in [0, 0.1) is 17.8 Å². The average molecular weight is 241 g/mol. The van der Waals surface area contributed by atoms with Crippen LogP contribution in [0.3, 0.4) is 0 Å². The van der Waals surface area contributed by atoms with Gasteiger partial charge in [0.1, 0.15) is 0 Å². The summed E-state index contributed by atoms with van der Waals surface area (Å²) in [6, 6.07) is 0.640. The summed E-state index contributed by atoms with van der Waals surface area (Å²) in [6.45, 7) is 9.55. The number of rotatable bonds is 6. The molecule has 0 aromatic carbocycles. The second-order valence-electron chi connectivity index (χ2n) is 6.58. The van der Waals surface area contributed by atoms with Gasteiger partial charge in [0.15, 0.2) is 0 Å². The van der Waals surface area contributed by atoms with Gasteiger partial charge < -0.3 is 10.4 Å². The molecule has 2 nitrogen and oxygen atoms in total. The summed E-state index contributed by atoms with van der Waals surface area (Å²) in [5.41, 5.74) is 0. The number of aliphatic hydroxyl groups excluding tert-OH is 1. The van der Waals surface area contributed by atoms with Crippen LogP contribution in [0.2, 0.25) is 0 Å². The van der Waals surface area contributed by atoms with Gasteiger partial charge >= 0.3 is 0 Å². The monoisotopic (exact) mass is 241 g/mol. The first kappa shape index (κ1) is 15.0. The van der Waals surface area contributed by atoms with Gasteiger partial charge in [0, 0.05) is 12.6 Å². The summed E-state index contributed by atoms with van der Waals surface area (Å²) in [5, 5.41) is 13.4. The van der Waals surface area contributed by atoms with E-state index >= 15 is 0 Å². The third kappa shape index (κ3) is 5.87. The van der Waals surface area contributed by atoms with Gasteiger partial charge in [-0.2, -0.15) is 0 Å². The Labute approximate surface area is 107 Å². The van der Waals surface area contributed by atoms with E-state index in [1.54, 1.807) is 0 Å². The highest BCUT2D eigenvalue weighted by Gasteiger charge is 2.23. The summed E-state index contributed by atoms with van der Waals surface area (Å²) in [7, 11) is 0. The molecule has 3 unspecified atom stereocenters. The van der Waals surface area contributed by atoms with Gasteiger partial charge in [0.2, 0.25) is 0 Å². The highest BCUT2D eigenvalue weighted by molar-refractivity contribution is 4.79. The lowest BCUT2D eigenvalue weighted by molar-refractivity contribution is 0.114. The molecule has 1 fully saturated rings. The summed E-state index contributed by atoms with van der Waals surface area (Å²) in [4.78, 5) is 0. The number of hydrogen-bond acceptors (Lipinski definition) is 2. The molecule has 0 heterocycles. The molecule has 0 aliphatic heterocycles. The van der Waals surface area contributed by atoms with Crippen LogP contribution in [-0.4, -0.2) is 23.8 Å². The van der Waals surface area contributed by atoms with Crippen molar-refractivity contribution in [3.05, 3.63) is 0 Å². The second kappa shape index (κ2) is 7.38. The molecule has 0 amide bonds. The van der Waals surface area contributed by atoms with Crippen molar-refractivity contribution in [2.45, 2.75) is 71.9 Å². The van der Waals surface area contributed by atoms with Gasteiger partial charge in [-0.1, -0.05) is 40.5 Å². The fourth-order valence-electron chi connectivity index (χ4n) is 2.88. The lowest BCUT2D eigenvalue weighted by Gasteiger charge is -2.31. The van der Waals surface area contributed by atoms with Gasteiger partial charge in [-0.15, -0.1) is 0 Å². The summed E-state index contributed by atoms with van der Waals surface area (Å²) < 4.78 is 0. The molecule has 0 saturated heterocycles. The Bertz CT molecular complexity index is 203.